The number of nitrogens with zero attached hydrogens (tertiary/aromatic N) is 1. The van der Waals surface area contributed by atoms with Crippen LogP contribution in [-0.4, -0.2) is 39.4 Å². The summed E-state index contributed by atoms with van der Waals surface area (Å²) in [6.45, 7) is 3.52. The number of hydrogen-bond donors (Lipinski definition) is 1. The number of likely N-dealkylation sites (N-methyl/N-ethyl adjacent to an activating group) is 1. The van der Waals surface area contributed by atoms with Gasteiger partial charge in [-0.3, -0.25) is 0 Å². The second kappa shape index (κ2) is 4.86. The van der Waals surface area contributed by atoms with E-state index in [1.165, 1.54) is 5.56 Å². The summed E-state index contributed by atoms with van der Waals surface area (Å²) in [7, 11) is 1.98. The lowest BCUT2D eigenvalue weighted by Gasteiger charge is -2.26. The van der Waals surface area contributed by atoms with Crippen LogP contribution >= 0.6 is 0 Å². The van der Waals surface area contributed by atoms with Crippen molar-refractivity contribution < 1.29 is 9.13 Å². The van der Waals surface area contributed by atoms with E-state index < -0.39 is 0 Å². The molecule has 2 unspecified atom stereocenters. The van der Waals surface area contributed by atoms with Crippen LogP contribution in [0.1, 0.15) is 5.56 Å². The first-order valence-corrected chi connectivity index (χ1v) is 6.56. The molecular weight excluding hydrogens is 231 g/mol. The number of ether oxygens (including phenoxy) is 1. The third-order valence-electron chi connectivity index (χ3n) is 4.06. The molecule has 3 rings (SSSR count). The van der Waals surface area contributed by atoms with Crippen LogP contribution in [0.5, 0.6) is 0 Å². The maximum atomic E-state index is 13.3. The summed E-state index contributed by atoms with van der Waals surface area (Å²) < 4.78 is 18.8. The molecule has 0 bridgehead atoms. The Labute approximate surface area is 107 Å². The van der Waals surface area contributed by atoms with Crippen LogP contribution in [0.25, 0.3) is 0 Å². The predicted octanol–water partition coefficient (Wildman–Crippen LogP) is 1.42. The van der Waals surface area contributed by atoms with Crippen LogP contribution in [-0.2, 0) is 11.2 Å². The van der Waals surface area contributed by atoms with E-state index in [0.29, 0.717) is 12.0 Å². The van der Waals surface area contributed by atoms with E-state index in [1.807, 2.05) is 13.1 Å². The Morgan fingerprint density at radius 2 is 2.33 bits per heavy atom. The summed E-state index contributed by atoms with van der Waals surface area (Å²) in [6.07, 6.45) is 1.02. The maximum Gasteiger partial charge on any atom is 0.125 e. The Bertz CT molecular complexity index is 438. The summed E-state index contributed by atoms with van der Waals surface area (Å²) in [5.41, 5.74) is 2.33. The van der Waals surface area contributed by atoms with E-state index in [9.17, 15) is 4.39 Å². The molecule has 0 spiro atoms. The quantitative estimate of drug-likeness (QED) is 0.878. The third-order valence-corrected chi connectivity index (χ3v) is 4.06. The minimum atomic E-state index is -0.145. The molecule has 4 heteroatoms. The van der Waals surface area contributed by atoms with Gasteiger partial charge in [0.1, 0.15) is 5.82 Å². The summed E-state index contributed by atoms with van der Waals surface area (Å²) in [4.78, 5) is 2.29. The summed E-state index contributed by atoms with van der Waals surface area (Å²) >= 11 is 0. The number of benzene rings is 1. The molecule has 2 heterocycles. The molecule has 0 radical (unpaired) electrons. The van der Waals surface area contributed by atoms with Crippen LogP contribution < -0.4 is 10.2 Å². The molecule has 1 N–H and O–H groups in total. The molecule has 0 aromatic heterocycles. The Morgan fingerprint density at radius 1 is 1.44 bits per heavy atom. The molecular formula is C14H19FN2O. The zero-order valence-corrected chi connectivity index (χ0v) is 10.7. The number of halogens is 1. The molecule has 3 nitrogen and oxygen atoms in total. The van der Waals surface area contributed by atoms with Gasteiger partial charge >= 0.3 is 0 Å². The van der Waals surface area contributed by atoms with Crippen molar-refractivity contribution in [3.8, 4) is 0 Å². The van der Waals surface area contributed by atoms with E-state index in [-0.39, 0.29) is 5.82 Å². The van der Waals surface area contributed by atoms with Crippen molar-refractivity contribution in [3.63, 3.8) is 0 Å². The summed E-state index contributed by atoms with van der Waals surface area (Å²) in [5.74, 6) is 0.345. The number of rotatable bonds is 3. The van der Waals surface area contributed by atoms with E-state index in [2.05, 4.69) is 10.2 Å². The van der Waals surface area contributed by atoms with Crippen LogP contribution in [0.2, 0.25) is 0 Å². The Hall–Kier alpha value is -1.13. The van der Waals surface area contributed by atoms with Crippen LogP contribution in [0.15, 0.2) is 18.2 Å². The molecule has 2 aliphatic heterocycles. The standard InChI is InChI=1S/C14H19FN2O/c1-16-13-9-18-8-11(13)7-17-5-4-10-2-3-12(15)6-14(10)17/h2-3,6,11,13,16H,4-5,7-9H2,1H3. The Balaban J connectivity index is 1.74. The predicted molar refractivity (Wildman–Crippen MR) is 69.5 cm³/mol. The number of hydrogen-bond acceptors (Lipinski definition) is 3. The van der Waals surface area contributed by atoms with Crippen molar-refractivity contribution in [2.24, 2.45) is 5.92 Å². The van der Waals surface area contributed by atoms with Crippen LogP contribution in [0.4, 0.5) is 10.1 Å². The SMILES string of the molecule is CNC1COCC1CN1CCc2ccc(F)cc21. The zero-order valence-electron chi connectivity index (χ0n) is 10.7. The first-order valence-electron chi connectivity index (χ1n) is 6.56. The average molecular weight is 250 g/mol. The topological polar surface area (TPSA) is 24.5 Å². The van der Waals surface area contributed by atoms with Crippen molar-refractivity contribution in [3.05, 3.63) is 29.6 Å². The highest BCUT2D eigenvalue weighted by molar-refractivity contribution is 5.58. The lowest BCUT2D eigenvalue weighted by Crippen LogP contribution is -2.39. The van der Waals surface area contributed by atoms with E-state index in [1.54, 1.807) is 12.1 Å². The lowest BCUT2D eigenvalue weighted by atomic mass is 10.0. The van der Waals surface area contributed by atoms with Crippen molar-refractivity contribution in [2.75, 3.05) is 38.3 Å². The second-order valence-electron chi connectivity index (χ2n) is 5.16. The number of nitrogens with one attached hydrogen (secondary N) is 1. The van der Waals surface area contributed by atoms with Gasteiger partial charge in [-0.2, -0.15) is 0 Å². The third kappa shape index (κ3) is 2.10. The van der Waals surface area contributed by atoms with Gasteiger partial charge in [0.15, 0.2) is 0 Å². The number of fused-ring (bicyclic) bond motifs is 1. The fourth-order valence-electron chi connectivity index (χ4n) is 2.99. The van der Waals surface area contributed by atoms with Gasteiger partial charge in [0, 0.05) is 30.7 Å². The molecule has 0 amide bonds. The van der Waals surface area contributed by atoms with Crippen LogP contribution in [0.3, 0.4) is 0 Å². The first-order chi connectivity index (χ1) is 8.78. The fourth-order valence-corrected chi connectivity index (χ4v) is 2.99. The highest BCUT2D eigenvalue weighted by Gasteiger charge is 2.30. The number of anilines is 1. The highest BCUT2D eigenvalue weighted by atomic mass is 19.1. The highest BCUT2D eigenvalue weighted by Crippen LogP contribution is 2.30. The van der Waals surface area contributed by atoms with Crippen molar-refractivity contribution in [2.45, 2.75) is 12.5 Å². The molecule has 18 heavy (non-hydrogen) atoms. The van der Waals surface area contributed by atoms with Gasteiger partial charge in [-0.05, 0) is 31.2 Å². The molecule has 1 saturated heterocycles. The van der Waals surface area contributed by atoms with Crippen molar-refractivity contribution in [1.82, 2.24) is 5.32 Å². The molecule has 1 aromatic rings. The minimum Gasteiger partial charge on any atom is -0.379 e. The maximum absolute atomic E-state index is 13.3. The zero-order chi connectivity index (χ0) is 12.5. The fraction of sp³-hybridized carbons (Fsp3) is 0.571. The van der Waals surface area contributed by atoms with E-state index in [0.717, 1.165) is 38.4 Å². The monoisotopic (exact) mass is 250 g/mol. The average Bonchev–Trinajstić information content (AvgIpc) is 2.97. The van der Waals surface area contributed by atoms with E-state index in [4.69, 9.17) is 4.74 Å². The van der Waals surface area contributed by atoms with Gasteiger partial charge in [-0.25, -0.2) is 4.39 Å². The van der Waals surface area contributed by atoms with Gasteiger partial charge in [-0.1, -0.05) is 6.07 Å². The second-order valence-corrected chi connectivity index (χ2v) is 5.16. The van der Waals surface area contributed by atoms with Crippen molar-refractivity contribution >= 4 is 5.69 Å². The Morgan fingerprint density at radius 3 is 3.17 bits per heavy atom. The van der Waals surface area contributed by atoms with E-state index >= 15 is 0 Å². The smallest absolute Gasteiger partial charge is 0.125 e. The summed E-state index contributed by atoms with van der Waals surface area (Å²) in [5, 5.41) is 3.30. The van der Waals surface area contributed by atoms with Gasteiger partial charge in [0.05, 0.1) is 13.2 Å². The van der Waals surface area contributed by atoms with Crippen LogP contribution in [0, 0.1) is 11.7 Å². The molecule has 2 aliphatic rings. The summed E-state index contributed by atoms with van der Waals surface area (Å²) in [6, 6.07) is 5.54. The largest absolute Gasteiger partial charge is 0.379 e. The van der Waals surface area contributed by atoms with Gasteiger partial charge < -0.3 is 15.0 Å². The van der Waals surface area contributed by atoms with Gasteiger partial charge in [0.2, 0.25) is 0 Å². The molecule has 0 saturated carbocycles. The normalized spacial score (nSPS) is 26.7. The van der Waals surface area contributed by atoms with Gasteiger partial charge in [0.25, 0.3) is 0 Å². The first kappa shape index (κ1) is 11.9. The Kier molecular flexibility index (Phi) is 3.22. The molecule has 1 aromatic carbocycles. The molecule has 0 aliphatic carbocycles. The molecule has 2 atom stereocenters. The van der Waals surface area contributed by atoms with Crippen molar-refractivity contribution in [1.29, 1.82) is 0 Å². The lowest BCUT2D eigenvalue weighted by molar-refractivity contribution is 0.183. The minimum absolute atomic E-state index is 0.145. The van der Waals surface area contributed by atoms with Gasteiger partial charge in [-0.15, -0.1) is 0 Å². The molecule has 98 valence electrons. The molecule has 1 fully saturated rings.